The highest BCUT2D eigenvalue weighted by atomic mass is 16.5. The maximum atomic E-state index is 13.0. The minimum atomic E-state index is -0.879. The topological polar surface area (TPSA) is 95.4 Å². The maximum absolute atomic E-state index is 13.0. The van der Waals surface area contributed by atoms with Gasteiger partial charge >= 0.3 is 0 Å². The normalized spacial score (nSPS) is 22.4. The molecule has 3 heterocycles. The molecule has 9 nitrogen and oxygen atoms in total. The quantitative estimate of drug-likeness (QED) is 0.683. The van der Waals surface area contributed by atoms with Crippen LogP contribution in [-0.4, -0.2) is 71.1 Å². The van der Waals surface area contributed by atoms with Crippen LogP contribution in [0.15, 0.2) is 36.5 Å². The van der Waals surface area contributed by atoms with E-state index in [0.717, 1.165) is 29.7 Å². The number of hydrogen-bond donors (Lipinski definition) is 1. The van der Waals surface area contributed by atoms with Gasteiger partial charge in [-0.1, -0.05) is 6.07 Å². The van der Waals surface area contributed by atoms with Crippen LogP contribution < -0.4 is 14.4 Å². The van der Waals surface area contributed by atoms with E-state index in [9.17, 15) is 14.7 Å². The van der Waals surface area contributed by atoms with Crippen molar-refractivity contribution in [2.24, 2.45) is 0 Å². The highest BCUT2D eigenvalue weighted by molar-refractivity contribution is 5.99. The van der Waals surface area contributed by atoms with E-state index in [1.165, 1.54) is 4.90 Å². The van der Waals surface area contributed by atoms with Crippen LogP contribution in [0.25, 0.3) is 0 Å². The average Bonchev–Trinajstić information content (AvgIpc) is 3.48. The molecular weight excluding hydrogens is 424 g/mol. The summed E-state index contributed by atoms with van der Waals surface area (Å²) in [6.07, 6.45) is 3.09. The SMILES string of the molecule is CN(C)C(=O)CN1Cc2ccc(N3CC[C@@H](Oc4ccc(OC5CC5)nc4)C3=O)cc2C1O. The lowest BCUT2D eigenvalue weighted by atomic mass is 10.1. The first kappa shape index (κ1) is 21.7. The number of likely N-dealkylation sites (N-methyl/N-ethyl adjacent to an activating group) is 1. The van der Waals surface area contributed by atoms with Crippen molar-refractivity contribution in [2.75, 3.05) is 32.1 Å². The summed E-state index contributed by atoms with van der Waals surface area (Å²) in [6.45, 7) is 1.15. The molecule has 1 aliphatic carbocycles. The molecule has 0 spiro atoms. The highest BCUT2D eigenvalue weighted by Crippen LogP contribution is 2.36. The zero-order chi connectivity index (χ0) is 23.1. The second kappa shape index (κ2) is 8.64. The fourth-order valence-corrected chi connectivity index (χ4v) is 4.14. The molecular formula is C24H28N4O5. The van der Waals surface area contributed by atoms with Gasteiger partial charge in [-0.05, 0) is 36.6 Å². The van der Waals surface area contributed by atoms with Crippen LogP contribution in [0.5, 0.6) is 11.6 Å². The number of ether oxygens (including phenoxy) is 2. The molecule has 2 fully saturated rings. The Kier molecular flexibility index (Phi) is 5.67. The summed E-state index contributed by atoms with van der Waals surface area (Å²) in [5.41, 5.74) is 2.40. The number of amides is 2. The molecule has 1 saturated heterocycles. The monoisotopic (exact) mass is 452 g/mol. The summed E-state index contributed by atoms with van der Waals surface area (Å²) in [7, 11) is 3.39. The van der Waals surface area contributed by atoms with Crippen LogP contribution >= 0.6 is 0 Å². The van der Waals surface area contributed by atoms with E-state index in [1.807, 2.05) is 18.2 Å². The molecule has 1 aromatic heterocycles. The number of fused-ring (bicyclic) bond motifs is 1. The fourth-order valence-electron chi connectivity index (χ4n) is 4.14. The van der Waals surface area contributed by atoms with Crippen LogP contribution in [0.3, 0.4) is 0 Å². The molecule has 0 radical (unpaired) electrons. The van der Waals surface area contributed by atoms with Gasteiger partial charge < -0.3 is 24.4 Å². The predicted octanol–water partition coefficient (Wildman–Crippen LogP) is 1.70. The number of pyridine rings is 1. The highest BCUT2D eigenvalue weighted by Gasteiger charge is 2.36. The van der Waals surface area contributed by atoms with Crippen molar-refractivity contribution in [3.8, 4) is 11.6 Å². The summed E-state index contributed by atoms with van der Waals surface area (Å²) >= 11 is 0. The Bertz CT molecular complexity index is 1050. The third-order valence-electron chi connectivity index (χ3n) is 6.23. The number of carbonyl (C=O) groups is 2. The number of anilines is 1. The van der Waals surface area contributed by atoms with Gasteiger partial charge in [-0.2, -0.15) is 0 Å². The molecule has 2 aliphatic heterocycles. The number of aliphatic hydroxyl groups excluding tert-OH is 1. The maximum Gasteiger partial charge on any atom is 0.268 e. The first-order chi connectivity index (χ1) is 15.9. The lowest BCUT2D eigenvalue weighted by molar-refractivity contribution is -0.132. The molecule has 1 aromatic carbocycles. The van der Waals surface area contributed by atoms with E-state index in [0.29, 0.717) is 31.1 Å². The number of aliphatic hydroxyl groups is 1. The molecule has 2 aromatic rings. The molecule has 1 saturated carbocycles. The van der Waals surface area contributed by atoms with Gasteiger partial charge in [-0.3, -0.25) is 14.5 Å². The molecule has 33 heavy (non-hydrogen) atoms. The fraction of sp³-hybridized carbons (Fsp3) is 0.458. The Labute approximate surface area is 192 Å². The smallest absolute Gasteiger partial charge is 0.268 e. The van der Waals surface area contributed by atoms with Gasteiger partial charge in [-0.25, -0.2) is 4.98 Å². The van der Waals surface area contributed by atoms with Gasteiger partial charge in [-0.15, -0.1) is 0 Å². The van der Waals surface area contributed by atoms with Crippen LogP contribution in [0.2, 0.25) is 0 Å². The van der Waals surface area contributed by atoms with E-state index < -0.39 is 12.3 Å². The summed E-state index contributed by atoms with van der Waals surface area (Å²) in [5.74, 6) is 0.907. The number of nitrogens with zero attached hydrogens (tertiary/aromatic N) is 4. The standard InChI is InChI=1S/C24H28N4O5/c1-26(2)22(29)14-27-13-15-3-4-16(11-19(15)23(27)30)28-10-9-20(24(28)31)32-18-7-8-21(25-12-18)33-17-5-6-17/h3-4,7-8,11-12,17,20,23,30H,5-6,9-10,13-14H2,1-2H3/t20-,23?/m1/s1. The van der Waals surface area contributed by atoms with Gasteiger partial charge in [0, 0.05) is 50.9 Å². The lowest BCUT2D eigenvalue weighted by Gasteiger charge is -2.22. The zero-order valence-corrected chi connectivity index (χ0v) is 18.8. The van der Waals surface area contributed by atoms with Crippen molar-refractivity contribution >= 4 is 17.5 Å². The Morgan fingerprint density at radius 1 is 1.18 bits per heavy atom. The Morgan fingerprint density at radius 3 is 2.70 bits per heavy atom. The number of rotatable bonds is 7. The summed E-state index contributed by atoms with van der Waals surface area (Å²) in [6, 6.07) is 9.17. The van der Waals surface area contributed by atoms with Crippen molar-refractivity contribution in [3.05, 3.63) is 47.7 Å². The van der Waals surface area contributed by atoms with Crippen LogP contribution in [0.1, 0.15) is 36.6 Å². The van der Waals surface area contributed by atoms with E-state index >= 15 is 0 Å². The number of carbonyl (C=O) groups excluding carboxylic acids is 2. The summed E-state index contributed by atoms with van der Waals surface area (Å²) in [5, 5.41) is 10.7. The van der Waals surface area contributed by atoms with Crippen LogP contribution in [0.4, 0.5) is 5.69 Å². The van der Waals surface area contributed by atoms with Crippen molar-refractivity contribution in [3.63, 3.8) is 0 Å². The lowest BCUT2D eigenvalue weighted by Crippen LogP contribution is -2.35. The number of hydrogen-bond acceptors (Lipinski definition) is 7. The van der Waals surface area contributed by atoms with Crippen molar-refractivity contribution in [1.29, 1.82) is 0 Å². The Balaban J connectivity index is 1.23. The van der Waals surface area contributed by atoms with Crippen molar-refractivity contribution in [1.82, 2.24) is 14.8 Å². The molecule has 0 bridgehead atoms. The predicted molar refractivity (Wildman–Crippen MR) is 120 cm³/mol. The second-order valence-electron chi connectivity index (χ2n) is 8.98. The van der Waals surface area contributed by atoms with Gasteiger partial charge in [0.15, 0.2) is 6.10 Å². The van der Waals surface area contributed by atoms with E-state index in [1.54, 1.807) is 42.2 Å². The van der Waals surface area contributed by atoms with Crippen LogP contribution in [0, 0.1) is 0 Å². The molecule has 1 N–H and O–H groups in total. The summed E-state index contributed by atoms with van der Waals surface area (Å²) < 4.78 is 11.5. The number of benzene rings is 1. The first-order valence-electron chi connectivity index (χ1n) is 11.2. The van der Waals surface area contributed by atoms with Gasteiger partial charge in [0.1, 0.15) is 18.1 Å². The molecule has 5 rings (SSSR count). The van der Waals surface area contributed by atoms with Gasteiger partial charge in [0.05, 0.1) is 12.7 Å². The van der Waals surface area contributed by atoms with E-state index in [4.69, 9.17) is 9.47 Å². The largest absolute Gasteiger partial charge is 0.479 e. The second-order valence-corrected chi connectivity index (χ2v) is 8.98. The minimum Gasteiger partial charge on any atom is -0.479 e. The minimum absolute atomic E-state index is 0.0709. The average molecular weight is 453 g/mol. The first-order valence-corrected chi connectivity index (χ1v) is 11.2. The molecule has 2 atom stereocenters. The molecule has 2 amide bonds. The van der Waals surface area contributed by atoms with E-state index in [2.05, 4.69) is 4.98 Å². The zero-order valence-electron chi connectivity index (χ0n) is 18.8. The Hall–Kier alpha value is -3.17. The van der Waals surface area contributed by atoms with Gasteiger partial charge in [0.25, 0.3) is 5.91 Å². The third-order valence-corrected chi connectivity index (χ3v) is 6.23. The van der Waals surface area contributed by atoms with Gasteiger partial charge in [0.2, 0.25) is 11.8 Å². The number of aromatic nitrogens is 1. The van der Waals surface area contributed by atoms with Crippen molar-refractivity contribution in [2.45, 2.75) is 44.2 Å². The van der Waals surface area contributed by atoms with Crippen molar-refractivity contribution < 1.29 is 24.2 Å². The molecule has 3 aliphatic rings. The third kappa shape index (κ3) is 4.51. The molecule has 1 unspecified atom stereocenters. The molecule has 9 heteroatoms. The Morgan fingerprint density at radius 2 is 2.00 bits per heavy atom. The van der Waals surface area contributed by atoms with Crippen LogP contribution in [-0.2, 0) is 16.1 Å². The summed E-state index contributed by atoms with van der Waals surface area (Å²) in [4.78, 5) is 34.3. The molecule has 174 valence electrons. The van der Waals surface area contributed by atoms with E-state index in [-0.39, 0.29) is 24.5 Å².